The zero-order valence-electron chi connectivity index (χ0n) is 10.5. The van der Waals surface area contributed by atoms with Crippen molar-refractivity contribution < 1.29 is 13.9 Å². The number of carbonyl (C=O) groups is 1. The molecule has 2 aromatic carbocycles. The summed E-state index contributed by atoms with van der Waals surface area (Å²) in [5, 5.41) is 0. The number of aryl methyl sites for hydroxylation is 1. The highest BCUT2D eigenvalue weighted by Crippen LogP contribution is 2.30. The smallest absolute Gasteiger partial charge is 0.166 e. The summed E-state index contributed by atoms with van der Waals surface area (Å²) in [6, 6.07) is 9.73. The Morgan fingerprint density at radius 1 is 1.16 bits per heavy atom. The van der Waals surface area contributed by atoms with Crippen LogP contribution in [0.4, 0.5) is 4.39 Å². The van der Waals surface area contributed by atoms with Gasteiger partial charge in [0.05, 0.1) is 0 Å². The maximum absolute atomic E-state index is 13.8. The fourth-order valence-corrected chi connectivity index (χ4v) is 1.95. The molecule has 0 aromatic heterocycles. The predicted octanol–water partition coefficient (Wildman–Crippen LogP) is 4.89. The van der Waals surface area contributed by atoms with E-state index in [9.17, 15) is 9.18 Å². The topological polar surface area (TPSA) is 26.3 Å². The van der Waals surface area contributed by atoms with Crippen molar-refractivity contribution in [1.82, 2.24) is 0 Å². The van der Waals surface area contributed by atoms with Crippen LogP contribution in [0.1, 0.15) is 22.8 Å². The van der Waals surface area contributed by atoms with Crippen LogP contribution < -0.4 is 4.74 Å². The number of rotatable bonds is 3. The van der Waals surface area contributed by atoms with E-state index in [0.717, 1.165) is 10.0 Å². The molecule has 0 atom stereocenters. The number of ether oxygens (including phenoxy) is 1. The highest BCUT2D eigenvalue weighted by Gasteiger charge is 2.10. The summed E-state index contributed by atoms with van der Waals surface area (Å²) < 4.78 is 20.2. The third kappa shape index (κ3) is 3.20. The molecule has 0 amide bonds. The first-order valence-electron chi connectivity index (χ1n) is 5.72. The molecule has 0 saturated heterocycles. The number of Topliss-reactive ketones (excluding diaryl/α,β-unsaturated/α-hetero) is 1. The highest BCUT2D eigenvalue weighted by molar-refractivity contribution is 9.10. The Bertz CT molecular complexity index is 638. The van der Waals surface area contributed by atoms with Crippen molar-refractivity contribution in [3.63, 3.8) is 0 Å². The van der Waals surface area contributed by atoms with E-state index in [1.54, 1.807) is 12.1 Å². The Balaban J connectivity index is 2.33. The minimum Gasteiger partial charge on any atom is -0.454 e. The van der Waals surface area contributed by atoms with Gasteiger partial charge in [-0.2, -0.15) is 0 Å². The van der Waals surface area contributed by atoms with E-state index >= 15 is 0 Å². The van der Waals surface area contributed by atoms with Gasteiger partial charge in [0.15, 0.2) is 17.3 Å². The molecule has 0 heterocycles. The molecule has 0 bridgehead atoms. The zero-order valence-corrected chi connectivity index (χ0v) is 12.1. The van der Waals surface area contributed by atoms with Crippen molar-refractivity contribution in [3.05, 3.63) is 57.8 Å². The SMILES string of the molecule is CC(=O)c1ccc(Oc2cc(Br)ccc2C)c(F)c1. The van der Waals surface area contributed by atoms with Crippen molar-refractivity contribution in [2.45, 2.75) is 13.8 Å². The van der Waals surface area contributed by atoms with Crippen LogP contribution in [-0.4, -0.2) is 5.78 Å². The predicted molar refractivity (Wildman–Crippen MR) is 75.4 cm³/mol. The minimum absolute atomic E-state index is 0.103. The van der Waals surface area contributed by atoms with Gasteiger partial charge in [-0.3, -0.25) is 4.79 Å². The molecule has 2 rings (SSSR count). The average Bonchev–Trinajstić information content (AvgIpc) is 2.36. The summed E-state index contributed by atoms with van der Waals surface area (Å²) in [6.45, 7) is 3.28. The summed E-state index contributed by atoms with van der Waals surface area (Å²) in [5.41, 5.74) is 1.23. The minimum atomic E-state index is -0.549. The van der Waals surface area contributed by atoms with E-state index in [0.29, 0.717) is 11.3 Å². The van der Waals surface area contributed by atoms with Gasteiger partial charge in [0, 0.05) is 10.0 Å². The molecule has 0 aliphatic heterocycles. The molecule has 98 valence electrons. The van der Waals surface area contributed by atoms with E-state index in [2.05, 4.69) is 15.9 Å². The summed E-state index contributed by atoms with van der Waals surface area (Å²) in [4.78, 5) is 11.2. The molecule has 0 saturated carbocycles. The van der Waals surface area contributed by atoms with Crippen LogP contribution in [0.5, 0.6) is 11.5 Å². The van der Waals surface area contributed by atoms with Crippen LogP contribution in [0.15, 0.2) is 40.9 Å². The normalized spacial score (nSPS) is 10.3. The van der Waals surface area contributed by atoms with Crippen LogP contribution in [0.25, 0.3) is 0 Å². The van der Waals surface area contributed by atoms with Gasteiger partial charge in [-0.1, -0.05) is 22.0 Å². The van der Waals surface area contributed by atoms with Crippen molar-refractivity contribution >= 4 is 21.7 Å². The maximum Gasteiger partial charge on any atom is 0.166 e. The zero-order chi connectivity index (χ0) is 14.0. The lowest BCUT2D eigenvalue weighted by atomic mass is 10.1. The summed E-state index contributed by atoms with van der Waals surface area (Å²) >= 11 is 3.34. The van der Waals surface area contributed by atoms with Gasteiger partial charge in [0.25, 0.3) is 0 Å². The number of hydrogen-bond acceptors (Lipinski definition) is 2. The van der Waals surface area contributed by atoms with Crippen LogP contribution in [0.3, 0.4) is 0 Å². The maximum atomic E-state index is 13.8. The molecule has 2 nitrogen and oxygen atoms in total. The largest absolute Gasteiger partial charge is 0.454 e. The van der Waals surface area contributed by atoms with Gasteiger partial charge >= 0.3 is 0 Å². The summed E-state index contributed by atoms with van der Waals surface area (Å²) in [6.07, 6.45) is 0. The lowest BCUT2D eigenvalue weighted by molar-refractivity contribution is 0.101. The van der Waals surface area contributed by atoms with Gasteiger partial charge in [-0.15, -0.1) is 0 Å². The average molecular weight is 323 g/mol. The Hall–Kier alpha value is -1.68. The van der Waals surface area contributed by atoms with Gasteiger partial charge in [-0.05, 0) is 49.7 Å². The van der Waals surface area contributed by atoms with Crippen molar-refractivity contribution in [2.24, 2.45) is 0 Å². The fraction of sp³-hybridized carbons (Fsp3) is 0.133. The van der Waals surface area contributed by atoms with E-state index in [1.807, 2.05) is 19.1 Å². The molecule has 0 fully saturated rings. The number of halogens is 2. The molecule has 0 spiro atoms. The third-order valence-corrected chi connectivity index (χ3v) is 3.20. The lowest BCUT2D eigenvalue weighted by Gasteiger charge is -2.10. The molecule has 0 N–H and O–H groups in total. The quantitative estimate of drug-likeness (QED) is 0.752. The van der Waals surface area contributed by atoms with E-state index < -0.39 is 5.82 Å². The molecular formula is C15H12BrFO2. The fourth-order valence-electron chi connectivity index (χ4n) is 1.60. The second-order valence-corrected chi connectivity index (χ2v) is 5.13. The highest BCUT2D eigenvalue weighted by atomic mass is 79.9. The molecule has 2 aromatic rings. The number of benzene rings is 2. The summed E-state index contributed by atoms with van der Waals surface area (Å²) in [7, 11) is 0. The molecule has 0 radical (unpaired) electrons. The van der Waals surface area contributed by atoms with Gasteiger partial charge in [0.1, 0.15) is 5.75 Å². The Morgan fingerprint density at radius 2 is 1.89 bits per heavy atom. The molecular weight excluding hydrogens is 311 g/mol. The second-order valence-electron chi connectivity index (χ2n) is 4.21. The first-order valence-corrected chi connectivity index (χ1v) is 6.51. The Labute approximate surface area is 119 Å². The standard InChI is InChI=1S/C15H12BrFO2/c1-9-3-5-12(16)8-15(9)19-14-6-4-11(10(2)18)7-13(14)17/h3-8H,1-2H3. The van der Waals surface area contributed by atoms with Gasteiger partial charge in [0.2, 0.25) is 0 Å². The van der Waals surface area contributed by atoms with E-state index in [-0.39, 0.29) is 11.5 Å². The Kier molecular flexibility index (Phi) is 4.00. The van der Waals surface area contributed by atoms with E-state index in [1.165, 1.54) is 19.1 Å². The molecule has 0 aliphatic carbocycles. The number of carbonyl (C=O) groups excluding carboxylic acids is 1. The van der Waals surface area contributed by atoms with Crippen molar-refractivity contribution in [3.8, 4) is 11.5 Å². The molecule has 0 unspecified atom stereocenters. The van der Waals surface area contributed by atoms with Crippen LogP contribution in [0, 0.1) is 12.7 Å². The Morgan fingerprint density at radius 3 is 2.53 bits per heavy atom. The van der Waals surface area contributed by atoms with Crippen molar-refractivity contribution in [2.75, 3.05) is 0 Å². The van der Waals surface area contributed by atoms with Crippen LogP contribution in [0.2, 0.25) is 0 Å². The summed E-state index contributed by atoms with van der Waals surface area (Å²) in [5.74, 6) is -0.0498. The molecule has 19 heavy (non-hydrogen) atoms. The third-order valence-electron chi connectivity index (χ3n) is 2.71. The first-order chi connectivity index (χ1) is 8.97. The second kappa shape index (κ2) is 5.53. The van der Waals surface area contributed by atoms with Gasteiger partial charge in [-0.25, -0.2) is 4.39 Å². The van der Waals surface area contributed by atoms with Gasteiger partial charge < -0.3 is 4.74 Å². The van der Waals surface area contributed by atoms with E-state index in [4.69, 9.17) is 4.74 Å². The van der Waals surface area contributed by atoms with Crippen LogP contribution >= 0.6 is 15.9 Å². The number of hydrogen-bond donors (Lipinski definition) is 0. The van der Waals surface area contributed by atoms with Crippen molar-refractivity contribution in [1.29, 1.82) is 0 Å². The monoisotopic (exact) mass is 322 g/mol. The van der Waals surface area contributed by atoms with Crippen LogP contribution in [-0.2, 0) is 0 Å². The number of ketones is 1. The first kappa shape index (κ1) is 13.7. The molecule has 0 aliphatic rings. The lowest BCUT2D eigenvalue weighted by Crippen LogP contribution is -1.96. The molecule has 4 heteroatoms.